The summed E-state index contributed by atoms with van der Waals surface area (Å²) in [5.41, 5.74) is 0.313. The van der Waals surface area contributed by atoms with Crippen LogP contribution in [0.15, 0.2) is 0 Å². The molecule has 0 aliphatic carbocycles. The molecule has 0 saturated carbocycles. The van der Waals surface area contributed by atoms with Crippen molar-refractivity contribution in [3.63, 3.8) is 0 Å². The van der Waals surface area contributed by atoms with Gasteiger partial charge in [0.15, 0.2) is 5.78 Å². The lowest BCUT2D eigenvalue weighted by Crippen LogP contribution is -2.62. The second kappa shape index (κ2) is 3.06. The van der Waals surface area contributed by atoms with E-state index in [9.17, 15) is 4.79 Å². The Balaban J connectivity index is 2.23. The number of hydrogen-bond donors (Lipinski definition) is 0. The van der Waals surface area contributed by atoms with Crippen molar-refractivity contribution in [3.8, 4) is 0 Å². The van der Waals surface area contributed by atoms with E-state index in [4.69, 9.17) is 0 Å². The van der Waals surface area contributed by atoms with Crippen molar-refractivity contribution in [2.45, 2.75) is 52.6 Å². The highest BCUT2D eigenvalue weighted by Crippen LogP contribution is 2.40. The molecule has 2 heteroatoms. The highest BCUT2D eigenvalue weighted by atomic mass is 16.1. The first-order valence-corrected chi connectivity index (χ1v) is 5.70. The average molecular weight is 195 g/mol. The molecule has 2 nitrogen and oxygen atoms in total. The summed E-state index contributed by atoms with van der Waals surface area (Å²) in [6, 6.07) is 0.778. The molecule has 3 aliphatic rings. The standard InChI is InChI=1S/C12H21NO/c1-8-11(14)9-5-6-13(8)10(7-9)12(2,3)4/h8-10H,5-7H2,1-4H3. The van der Waals surface area contributed by atoms with Gasteiger partial charge in [-0.05, 0) is 31.7 Å². The number of fused-ring (bicyclic) bond motifs is 3. The van der Waals surface area contributed by atoms with E-state index in [0.717, 1.165) is 19.4 Å². The predicted molar refractivity (Wildman–Crippen MR) is 57.1 cm³/mol. The normalized spacial score (nSPS) is 43.0. The van der Waals surface area contributed by atoms with Gasteiger partial charge in [-0.3, -0.25) is 9.69 Å². The molecule has 2 bridgehead atoms. The van der Waals surface area contributed by atoms with Gasteiger partial charge in [-0.1, -0.05) is 20.8 Å². The first-order chi connectivity index (χ1) is 6.41. The van der Waals surface area contributed by atoms with Gasteiger partial charge in [0, 0.05) is 12.0 Å². The largest absolute Gasteiger partial charge is 0.298 e. The zero-order valence-corrected chi connectivity index (χ0v) is 9.71. The molecule has 3 heterocycles. The average Bonchev–Trinajstić information content (AvgIpc) is 2.11. The van der Waals surface area contributed by atoms with E-state index in [-0.39, 0.29) is 6.04 Å². The van der Waals surface area contributed by atoms with Gasteiger partial charge in [0.2, 0.25) is 0 Å². The van der Waals surface area contributed by atoms with Gasteiger partial charge in [0.1, 0.15) is 0 Å². The minimum Gasteiger partial charge on any atom is -0.298 e. The van der Waals surface area contributed by atoms with E-state index in [0.29, 0.717) is 23.2 Å². The van der Waals surface area contributed by atoms with Crippen LogP contribution in [0.5, 0.6) is 0 Å². The topological polar surface area (TPSA) is 20.3 Å². The van der Waals surface area contributed by atoms with Gasteiger partial charge in [0.05, 0.1) is 6.04 Å². The van der Waals surface area contributed by atoms with Crippen LogP contribution in [0.3, 0.4) is 0 Å². The first kappa shape index (κ1) is 10.2. The second-order valence-electron chi connectivity index (χ2n) is 5.92. The highest BCUT2D eigenvalue weighted by Gasteiger charge is 2.47. The molecule has 4 atom stereocenters. The molecule has 0 aromatic heterocycles. The molecule has 0 N–H and O–H groups in total. The molecule has 0 aromatic carbocycles. The summed E-state index contributed by atoms with van der Waals surface area (Å²) < 4.78 is 0. The summed E-state index contributed by atoms with van der Waals surface area (Å²) in [4.78, 5) is 14.2. The summed E-state index contributed by atoms with van der Waals surface area (Å²) in [5, 5.41) is 0. The summed E-state index contributed by atoms with van der Waals surface area (Å²) in [6.45, 7) is 10.1. The smallest absolute Gasteiger partial charge is 0.152 e. The van der Waals surface area contributed by atoms with Gasteiger partial charge in [-0.25, -0.2) is 0 Å². The van der Waals surface area contributed by atoms with E-state index in [1.54, 1.807) is 0 Å². The maximum Gasteiger partial charge on any atom is 0.152 e. The summed E-state index contributed by atoms with van der Waals surface area (Å²) >= 11 is 0. The minimum atomic E-state index is 0.173. The molecule has 4 unspecified atom stereocenters. The molecule has 0 radical (unpaired) electrons. The molecule has 3 fully saturated rings. The van der Waals surface area contributed by atoms with Crippen molar-refractivity contribution >= 4 is 5.78 Å². The third-order valence-electron chi connectivity index (χ3n) is 3.96. The van der Waals surface area contributed by atoms with E-state index < -0.39 is 0 Å². The number of piperidine rings is 3. The Kier molecular flexibility index (Phi) is 2.22. The Hall–Kier alpha value is -0.370. The van der Waals surface area contributed by atoms with Crippen LogP contribution in [0, 0.1) is 11.3 Å². The van der Waals surface area contributed by atoms with Crippen molar-refractivity contribution in [2.75, 3.05) is 6.54 Å². The van der Waals surface area contributed by atoms with Gasteiger partial charge in [-0.15, -0.1) is 0 Å². The summed E-state index contributed by atoms with van der Waals surface area (Å²) in [5.74, 6) is 0.843. The SMILES string of the molecule is CC1C(=O)C2CCN1C(C(C)(C)C)C2. The Labute approximate surface area is 86.7 Å². The van der Waals surface area contributed by atoms with Crippen molar-refractivity contribution in [1.82, 2.24) is 4.90 Å². The van der Waals surface area contributed by atoms with Crippen molar-refractivity contribution in [3.05, 3.63) is 0 Å². The van der Waals surface area contributed by atoms with Crippen molar-refractivity contribution in [1.29, 1.82) is 0 Å². The van der Waals surface area contributed by atoms with Gasteiger partial charge in [-0.2, -0.15) is 0 Å². The van der Waals surface area contributed by atoms with Crippen molar-refractivity contribution in [2.24, 2.45) is 11.3 Å². The van der Waals surface area contributed by atoms with Crippen LogP contribution in [0.25, 0.3) is 0 Å². The Morgan fingerprint density at radius 1 is 1.36 bits per heavy atom. The van der Waals surface area contributed by atoms with E-state index in [1.165, 1.54) is 0 Å². The maximum absolute atomic E-state index is 11.8. The predicted octanol–water partition coefficient (Wildman–Crippen LogP) is 2.08. The quantitative estimate of drug-likeness (QED) is 0.590. The third kappa shape index (κ3) is 1.40. The lowest BCUT2D eigenvalue weighted by molar-refractivity contribution is -0.143. The second-order valence-corrected chi connectivity index (χ2v) is 5.92. The maximum atomic E-state index is 11.8. The molecular weight excluding hydrogens is 174 g/mol. The van der Waals surface area contributed by atoms with Crippen LogP contribution in [0.2, 0.25) is 0 Å². The van der Waals surface area contributed by atoms with E-state index in [1.807, 2.05) is 0 Å². The molecular formula is C12H21NO. The number of Topliss-reactive ketones (excluding diaryl/α,β-unsaturated/α-hetero) is 1. The summed E-state index contributed by atoms with van der Waals surface area (Å²) in [6.07, 6.45) is 2.18. The molecule has 3 rings (SSSR count). The molecule has 14 heavy (non-hydrogen) atoms. The van der Waals surface area contributed by atoms with Gasteiger partial charge < -0.3 is 0 Å². The Morgan fingerprint density at radius 2 is 2.00 bits per heavy atom. The number of carbonyl (C=O) groups is 1. The molecule has 0 amide bonds. The monoisotopic (exact) mass is 195 g/mol. The molecule has 0 aromatic rings. The third-order valence-corrected chi connectivity index (χ3v) is 3.96. The fourth-order valence-corrected chi connectivity index (χ4v) is 3.06. The highest BCUT2D eigenvalue weighted by molar-refractivity contribution is 5.87. The first-order valence-electron chi connectivity index (χ1n) is 5.70. The number of nitrogens with zero attached hydrogens (tertiary/aromatic N) is 1. The van der Waals surface area contributed by atoms with E-state index in [2.05, 4.69) is 32.6 Å². The Morgan fingerprint density at radius 3 is 2.50 bits per heavy atom. The number of ketones is 1. The minimum absolute atomic E-state index is 0.173. The zero-order chi connectivity index (χ0) is 10.5. The van der Waals surface area contributed by atoms with Crippen LogP contribution in [-0.2, 0) is 4.79 Å². The fourth-order valence-electron chi connectivity index (χ4n) is 3.06. The van der Waals surface area contributed by atoms with Gasteiger partial charge >= 0.3 is 0 Å². The number of carbonyl (C=O) groups excluding carboxylic acids is 1. The molecule has 3 saturated heterocycles. The van der Waals surface area contributed by atoms with Crippen LogP contribution < -0.4 is 0 Å². The number of rotatable bonds is 0. The van der Waals surface area contributed by atoms with Gasteiger partial charge in [0.25, 0.3) is 0 Å². The molecule has 80 valence electrons. The van der Waals surface area contributed by atoms with Crippen LogP contribution in [-0.4, -0.2) is 29.3 Å². The van der Waals surface area contributed by atoms with Crippen LogP contribution >= 0.6 is 0 Å². The van der Waals surface area contributed by atoms with Crippen LogP contribution in [0.1, 0.15) is 40.5 Å². The summed E-state index contributed by atoms with van der Waals surface area (Å²) in [7, 11) is 0. The lowest BCUT2D eigenvalue weighted by Gasteiger charge is -2.53. The molecule has 0 spiro atoms. The van der Waals surface area contributed by atoms with E-state index >= 15 is 0 Å². The zero-order valence-electron chi connectivity index (χ0n) is 9.71. The van der Waals surface area contributed by atoms with Crippen LogP contribution in [0.4, 0.5) is 0 Å². The van der Waals surface area contributed by atoms with Crippen molar-refractivity contribution < 1.29 is 4.79 Å². The number of hydrogen-bond acceptors (Lipinski definition) is 2. The molecule has 3 aliphatic heterocycles. The fraction of sp³-hybridized carbons (Fsp3) is 0.917. The Bertz CT molecular complexity index is 250. The lowest BCUT2D eigenvalue weighted by atomic mass is 9.70.